The van der Waals surface area contributed by atoms with Crippen LogP contribution in [-0.2, 0) is 10.2 Å². The van der Waals surface area contributed by atoms with Gasteiger partial charge in [0.2, 0.25) is 0 Å². The summed E-state index contributed by atoms with van der Waals surface area (Å²) in [4.78, 5) is 11.0. The highest BCUT2D eigenvalue weighted by Gasteiger charge is 2.19. The van der Waals surface area contributed by atoms with Gasteiger partial charge in [-0.25, -0.2) is 0 Å². The first-order valence-electron chi connectivity index (χ1n) is 5.09. The summed E-state index contributed by atoms with van der Waals surface area (Å²) in [7, 11) is 0. The summed E-state index contributed by atoms with van der Waals surface area (Å²) in [6, 6.07) is 14.4. The van der Waals surface area contributed by atoms with E-state index in [1.807, 2.05) is 32.0 Å². The Kier molecular flexibility index (Phi) is 2.31. The van der Waals surface area contributed by atoms with Crippen LogP contribution in [0, 0.1) is 0 Å². The van der Waals surface area contributed by atoms with Crippen molar-refractivity contribution in [1.82, 2.24) is 0 Å². The van der Waals surface area contributed by atoms with Crippen molar-refractivity contribution < 1.29 is 4.79 Å². The lowest BCUT2D eigenvalue weighted by molar-refractivity contribution is -0.111. The fourth-order valence-corrected chi connectivity index (χ4v) is 1.66. The molecule has 76 valence electrons. The molecule has 0 fully saturated rings. The highest BCUT2D eigenvalue weighted by molar-refractivity contribution is 5.84. The fraction of sp³-hybridized carbons (Fsp3) is 0.214. The van der Waals surface area contributed by atoms with Crippen LogP contribution >= 0.6 is 0 Å². The minimum atomic E-state index is -0.399. The number of rotatable bonds is 2. The van der Waals surface area contributed by atoms with Gasteiger partial charge in [-0.1, -0.05) is 42.5 Å². The first-order chi connectivity index (χ1) is 7.13. The van der Waals surface area contributed by atoms with E-state index < -0.39 is 5.41 Å². The summed E-state index contributed by atoms with van der Waals surface area (Å²) in [5, 5.41) is 2.40. The molecule has 2 aromatic carbocycles. The van der Waals surface area contributed by atoms with Crippen molar-refractivity contribution in [3.8, 4) is 0 Å². The number of hydrogen-bond donors (Lipinski definition) is 0. The van der Waals surface area contributed by atoms with E-state index in [1.54, 1.807) is 0 Å². The lowest BCUT2D eigenvalue weighted by Crippen LogP contribution is -2.18. The van der Waals surface area contributed by atoms with Gasteiger partial charge in [-0.15, -0.1) is 0 Å². The molecule has 1 heteroatoms. The molecule has 0 aliphatic heterocycles. The second kappa shape index (κ2) is 3.50. The Morgan fingerprint density at radius 2 is 1.67 bits per heavy atom. The summed E-state index contributed by atoms with van der Waals surface area (Å²) in [6.07, 6.45) is 0.997. The van der Waals surface area contributed by atoms with Crippen LogP contribution in [0.25, 0.3) is 10.8 Å². The Hall–Kier alpha value is -1.63. The van der Waals surface area contributed by atoms with Crippen LogP contribution in [0.4, 0.5) is 0 Å². The number of hydrogen-bond acceptors (Lipinski definition) is 1. The van der Waals surface area contributed by atoms with E-state index in [0.29, 0.717) is 0 Å². The highest BCUT2D eigenvalue weighted by Crippen LogP contribution is 2.24. The quantitative estimate of drug-likeness (QED) is 0.676. The van der Waals surface area contributed by atoms with E-state index in [2.05, 4.69) is 24.3 Å². The van der Waals surface area contributed by atoms with Crippen LogP contribution in [0.5, 0.6) is 0 Å². The summed E-state index contributed by atoms with van der Waals surface area (Å²) >= 11 is 0. The van der Waals surface area contributed by atoms with Crippen LogP contribution in [0.2, 0.25) is 0 Å². The molecule has 0 aromatic heterocycles. The van der Waals surface area contributed by atoms with E-state index in [-0.39, 0.29) is 0 Å². The van der Waals surface area contributed by atoms with Gasteiger partial charge < -0.3 is 4.79 Å². The molecule has 0 atom stereocenters. The molecule has 0 saturated carbocycles. The monoisotopic (exact) mass is 198 g/mol. The van der Waals surface area contributed by atoms with Gasteiger partial charge in [0.1, 0.15) is 6.29 Å². The molecule has 2 rings (SSSR count). The van der Waals surface area contributed by atoms with Gasteiger partial charge in [-0.3, -0.25) is 0 Å². The van der Waals surface area contributed by atoms with Crippen molar-refractivity contribution >= 4 is 17.1 Å². The van der Waals surface area contributed by atoms with Crippen LogP contribution in [-0.4, -0.2) is 6.29 Å². The molecule has 0 spiro atoms. The lowest BCUT2D eigenvalue weighted by atomic mass is 9.85. The smallest absolute Gasteiger partial charge is 0.129 e. The third-order valence-electron chi connectivity index (χ3n) is 2.79. The van der Waals surface area contributed by atoms with Crippen LogP contribution in [0.1, 0.15) is 19.4 Å². The normalized spacial score (nSPS) is 11.6. The molecule has 0 N–H and O–H groups in total. The SMILES string of the molecule is CC(C)(C=O)c1ccc2ccccc2c1. The van der Waals surface area contributed by atoms with E-state index in [4.69, 9.17) is 0 Å². The lowest BCUT2D eigenvalue weighted by Gasteiger charge is -2.17. The maximum Gasteiger partial charge on any atom is 0.129 e. The van der Waals surface area contributed by atoms with Crippen LogP contribution < -0.4 is 0 Å². The molecular weight excluding hydrogens is 184 g/mol. The Labute approximate surface area is 89.7 Å². The van der Waals surface area contributed by atoms with Gasteiger partial charge in [0.15, 0.2) is 0 Å². The minimum Gasteiger partial charge on any atom is -0.302 e. The van der Waals surface area contributed by atoms with Crippen molar-refractivity contribution in [2.24, 2.45) is 0 Å². The standard InChI is InChI=1S/C14H14O/c1-14(2,10-15)13-8-7-11-5-3-4-6-12(11)9-13/h3-10H,1-2H3. The molecule has 0 saturated heterocycles. The maximum absolute atomic E-state index is 11.0. The Balaban J connectivity index is 2.61. The average Bonchev–Trinajstić information content (AvgIpc) is 2.28. The Morgan fingerprint density at radius 3 is 2.33 bits per heavy atom. The number of aldehydes is 1. The topological polar surface area (TPSA) is 17.1 Å². The molecule has 0 amide bonds. The summed E-state index contributed by atoms with van der Waals surface area (Å²) < 4.78 is 0. The zero-order chi connectivity index (χ0) is 10.9. The average molecular weight is 198 g/mol. The minimum absolute atomic E-state index is 0.399. The first-order valence-corrected chi connectivity index (χ1v) is 5.09. The largest absolute Gasteiger partial charge is 0.302 e. The van der Waals surface area contributed by atoms with E-state index in [9.17, 15) is 4.79 Å². The molecule has 15 heavy (non-hydrogen) atoms. The van der Waals surface area contributed by atoms with Gasteiger partial charge in [0, 0.05) is 5.41 Å². The molecule has 0 bridgehead atoms. The van der Waals surface area contributed by atoms with Crippen molar-refractivity contribution in [1.29, 1.82) is 0 Å². The predicted octanol–water partition coefficient (Wildman–Crippen LogP) is 3.32. The van der Waals surface area contributed by atoms with Crippen molar-refractivity contribution in [2.45, 2.75) is 19.3 Å². The van der Waals surface area contributed by atoms with E-state index >= 15 is 0 Å². The molecule has 2 aromatic rings. The molecule has 0 heterocycles. The van der Waals surface area contributed by atoms with E-state index in [1.165, 1.54) is 10.8 Å². The second-order valence-corrected chi connectivity index (χ2v) is 4.40. The van der Waals surface area contributed by atoms with Gasteiger partial charge in [-0.2, -0.15) is 0 Å². The molecule has 0 aliphatic carbocycles. The summed E-state index contributed by atoms with van der Waals surface area (Å²) in [5.41, 5.74) is 0.667. The summed E-state index contributed by atoms with van der Waals surface area (Å²) in [6.45, 7) is 3.87. The molecular formula is C14H14O. The second-order valence-electron chi connectivity index (χ2n) is 4.40. The van der Waals surface area contributed by atoms with Crippen molar-refractivity contribution in [3.05, 3.63) is 48.0 Å². The zero-order valence-electron chi connectivity index (χ0n) is 9.03. The predicted molar refractivity (Wildman–Crippen MR) is 63.0 cm³/mol. The van der Waals surface area contributed by atoms with Gasteiger partial charge in [-0.05, 0) is 30.2 Å². The Bertz CT molecular complexity index is 497. The number of fused-ring (bicyclic) bond motifs is 1. The van der Waals surface area contributed by atoms with Crippen LogP contribution in [0.15, 0.2) is 42.5 Å². The molecule has 1 nitrogen and oxygen atoms in total. The maximum atomic E-state index is 11.0. The fourth-order valence-electron chi connectivity index (χ4n) is 1.66. The Morgan fingerprint density at radius 1 is 1.00 bits per heavy atom. The number of carbonyl (C=O) groups is 1. The van der Waals surface area contributed by atoms with Gasteiger partial charge in [0.05, 0.1) is 0 Å². The first kappa shape index (κ1) is 9.91. The molecule has 0 aliphatic rings. The van der Waals surface area contributed by atoms with E-state index in [0.717, 1.165) is 11.8 Å². The third-order valence-corrected chi connectivity index (χ3v) is 2.79. The highest BCUT2D eigenvalue weighted by atomic mass is 16.1. The van der Waals surface area contributed by atoms with Crippen molar-refractivity contribution in [3.63, 3.8) is 0 Å². The third kappa shape index (κ3) is 1.78. The number of carbonyl (C=O) groups excluding carboxylic acids is 1. The van der Waals surface area contributed by atoms with Gasteiger partial charge in [0.25, 0.3) is 0 Å². The summed E-state index contributed by atoms with van der Waals surface area (Å²) in [5.74, 6) is 0. The van der Waals surface area contributed by atoms with Gasteiger partial charge >= 0.3 is 0 Å². The molecule has 0 radical (unpaired) electrons. The molecule has 0 unspecified atom stereocenters. The number of benzene rings is 2. The zero-order valence-corrected chi connectivity index (χ0v) is 9.03. The van der Waals surface area contributed by atoms with Crippen molar-refractivity contribution in [2.75, 3.05) is 0 Å². The van der Waals surface area contributed by atoms with Crippen LogP contribution in [0.3, 0.4) is 0 Å².